The number of hydrogen-bond donors (Lipinski definition) is 0. The molecule has 0 radical (unpaired) electrons. The molecule has 14 heavy (non-hydrogen) atoms. The molecule has 78 valence electrons. The average molecular weight is 269 g/mol. The molecule has 0 atom stereocenters. The third kappa shape index (κ3) is 2.20. The van der Waals surface area contributed by atoms with Crippen LogP contribution in [0.4, 0.5) is 13.2 Å². The van der Waals surface area contributed by atoms with Crippen LogP contribution in [0.1, 0.15) is 11.1 Å². The van der Waals surface area contributed by atoms with Gasteiger partial charge in [0, 0.05) is 5.33 Å². The molecule has 1 aromatic carbocycles. The molecule has 0 fully saturated rings. The van der Waals surface area contributed by atoms with Crippen LogP contribution in [0.25, 0.3) is 0 Å². The van der Waals surface area contributed by atoms with Crippen LogP contribution in [0.3, 0.4) is 0 Å². The van der Waals surface area contributed by atoms with Crippen molar-refractivity contribution in [2.45, 2.75) is 11.5 Å². The second kappa shape index (κ2) is 4.21. The van der Waals surface area contributed by atoms with Gasteiger partial charge in [-0.15, -0.1) is 0 Å². The Morgan fingerprint density at radius 1 is 1.36 bits per heavy atom. The van der Waals surface area contributed by atoms with E-state index in [4.69, 9.17) is 0 Å². The van der Waals surface area contributed by atoms with Crippen molar-refractivity contribution in [3.05, 3.63) is 29.3 Å². The molecule has 0 saturated carbocycles. The van der Waals surface area contributed by atoms with Gasteiger partial charge in [-0.3, -0.25) is 0 Å². The molecule has 0 aliphatic rings. The van der Waals surface area contributed by atoms with Crippen LogP contribution in [0.15, 0.2) is 18.2 Å². The first-order valence-corrected chi connectivity index (χ1v) is 4.92. The lowest BCUT2D eigenvalue weighted by Gasteiger charge is -2.14. The van der Waals surface area contributed by atoms with E-state index in [1.807, 2.05) is 0 Å². The van der Waals surface area contributed by atoms with Crippen LogP contribution in [0.2, 0.25) is 0 Å². The first kappa shape index (κ1) is 11.4. The van der Waals surface area contributed by atoms with Gasteiger partial charge in [0.05, 0.1) is 7.11 Å². The maximum absolute atomic E-state index is 12.6. The minimum absolute atomic E-state index is 0.144. The van der Waals surface area contributed by atoms with E-state index >= 15 is 0 Å². The monoisotopic (exact) mass is 268 g/mol. The van der Waals surface area contributed by atoms with Crippen molar-refractivity contribution >= 4 is 15.9 Å². The summed E-state index contributed by atoms with van der Waals surface area (Å²) in [6.07, 6.45) is -4.38. The third-order valence-corrected chi connectivity index (χ3v) is 2.36. The number of hydrogen-bond acceptors (Lipinski definition) is 1. The minimum Gasteiger partial charge on any atom is -0.496 e. The molecule has 0 amide bonds. The van der Waals surface area contributed by atoms with E-state index in [1.165, 1.54) is 25.3 Å². The van der Waals surface area contributed by atoms with Crippen LogP contribution in [0, 0.1) is 0 Å². The zero-order valence-electron chi connectivity index (χ0n) is 7.36. The minimum atomic E-state index is -4.38. The summed E-state index contributed by atoms with van der Waals surface area (Å²) < 4.78 is 42.4. The SMILES string of the molecule is COc1cccc(CBr)c1C(F)(F)F. The summed E-state index contributed by atoms with van der Waals surface area (Å²) in [5.41, 5.74) is -0.531. The highest BCUT2D eigenvalue weighted by Gasteiger charge is 2.36. The summed E-state index contributed by atoms with van der Waals surface area (Å²) in [5.74, 6) is -0.144. The molecule has 0 aromatic heterocycles. The Labute approximate surface area is 88.0 Å². The van der Waals surface area contributed by atoms with Crippen LogP contribution in [0.5, 0.6) is 5.75 Å². The normalized spacial score (nSPS) is 11.5. The van der Waals surface area contributed by atoms with Gasteiger partial charge in [-0.05, 0) is 11.6 Å². The highest BCUT2D eigenvalue weighted by molar-refractivity contribution is 9.08. The average Bonchev–Trinajstić information content (AvgIpc) is 2.15. The van der Waals surface area contributed by atoms with Crippen molar-refractivity contribution in [2.24, 2.45) is 0 Å². The van der Waals surface area contributed by atoms with Crippen LogP contribution < -0.4 is 4.74 Å². The van der Waals surface area contributed by atoms with Crippen molar-refractivity contribution in [3.63, 3.8) is 0 Å². The first-order chi connectivity index (χ1) is 6.50. The number of alkyl halides is 4. The quantitative estimate of drug-likeness (QED) is 0.745. The van der Waals surface area contributed by atoms with E-state index < -0.39 is 11.7 Å². The van der Waals surface area contributed by atoms with Gasteiger partial charge in [0.2, 0.25) is 0 Å². The summed E-state index contributed by atoms with van der Waals surface area (Å²) >= 11 is 3.01. The molecule has 0 bridgehead atoms. The summed E-state index contributed by atoms with van der Waals surface area (Å²) in [6.45, 7) is 0. The molecule has 0 N–H and O–H groups in total. The van der Waals surface area contributed by atoms with Gasteiger partial charge in [-0.25, -0.2) is 0 Å². The fourth-order valence-electron chi connectivity index (χ4n) is 1.18. The second-order valence-corrected chi connectivity index (χ2v) is 3.19. The van der Waals surface area contributed by atoms with E-state index in [0.29, 0.717) is 0 Å². The maximum Gasteiger partial charge on any atom is 0.420 e. The smallest absolute Gasteiger partial charge is 0.420 e. The lowest BCUT2D eigenvalue weighted by molar-refractivity contribution is -0.139. The van der Waals surface area contributed by atoms with Crippen LogP contribution in [-0.2, 0) is 11.5 Å². The Bertz CT molecular complexity index is 300. The van der Waals surface area contributed by atoms with Gasteiger partial charge in [-0.2, -0.15) is 13.2 Å². The van der Waals surface area contributed by atoms with Gasteiger partial charge >= 0.3 is 6.18 Å². The molecular weight excluding hydrogens is 261 g/mol. The second-order valence-electron chi connectivity index (χ2n) is 2.63. The zero-order valence-corrected chi connectivity index (χ0v) is 8.95. The first-order valence-electron chi connectivity index (χ1n) is 3.79. The number of rotatable bonds is 2. The van der Waals surface area contributed by atoms with E-state index in [0.717, 1.165) is 0 Å². The molecule has 0 saturated heterocycles. The summed E-state index contributed by atoms with van der Waals surface area (Å²) in [4.78, 5) is 0. The summed E-state index contributed by atoms with van der Waals surface area (Å²) in [5, 5.41) is 0.152. The maximum atomic E-state index is 12.6. The molecule has 1 aromatic rings. The Hall–Kier alpha value is -0.710. The van der Waals surface area contributed by atoms with Crippen LogP contribution >= 0.6 is 15.9 Å². The Balaban J connectivity index is 3.34. The highest BCUT2D eigenvalue weighted by Crippen LogP contribution is 2.39. The number of ether oxygens (including phenoxy) is 1. The summed E-state index contributed by atoms with van der Waals surface area (Å²) in [6, 6.07) is 4.25. The third-order valence-electron chi connectivity index (χ3n) is 1.76. The van der Waals surface area contributed by atoms with Crippen molar-refractivity contribution in [1.29, 1.82) is 0 Å². The molecule has 0 heterocycles. The lowest BCUT2D eigenvalue weighted by atomic mass is 10.1. The fourth-order valence-corrected chi connectivity index (χ4v) is 1.65. The van der Waals surface area contributed by atoms with Crippen molar-refractivity contribution in [1.82, 2.24) is 0 Å². The van der Waals surface area contributed by atoms with E-state index in [9.17, 15) is 13.2 Å². The standard InChI is InChI=1S/C9H8BrF3O/c1-14-7-4-2-3-6(5-10)8(7)9(11,12)13/h2-4H,5H2,1H3. The molecule has 0 unspecified atom stereocenters. The molecule has 0 aliphatic heterocycles. The van der Waals surface area contributed by atoms with E-state index in [-0.39, 0.29) is 16.6 Å². The number of benzene rings is 1. The van der Waals surface area contributed by atoms with Gasteiger partial charge in [0.15, 0.2) is 0 Å². The number of methoxy groups -OCH3 is 1. The summed E-state index contributed by atoms with van der Waals surface area (Å²) in [7, 11) is 1.22. The van der Waals surface area contributed by atoms with E-state index in [2.05, 4.69) is 20.7 Å². The highest BCUT2D eigenvalue weighted by atomic mass is 79.9. The van der Waals surface area contributed by atoms with Crippen LogP contribution in [-0.4, -0.2) is 7.11 Å². The Morgan fingerprint density at radius 2 is 2.00 bits per heavy atom. The van der Waals surface area contributed by atoms with Crippen molar-refractivity contribution in [3.8, 4) is 5.75 Å². The Kier molecular flexibility index (Phi) is 3.42. The van der Waals surface area contributed by atoms with Crippen molar-refractivity contribution in [2.75, 3.05) is 7.11 Å². The fraction of sp³-hybridized carbons (Fsp3) is 0.333. The predicted molar refractivity (Wildman–Crippen MR) is 50.6 cm³/mol. The number of halogens is 4. The van der Waals surface area contributed by atoms with Gasteiger partial charge in [0.1, 0.15) is 11.3 Å². The largest absolute Gasteiger partial charge is 0.496 e. The molecule has 5 heteroatoms. The molecule has 0 aliphatic carbocycles. The molecule has 0 spiro atoms. The molecular formula is C9H8BrF3O. The van der Waals surface area contributed by atoms with E-state index in [1.54, 1.807) is 0 Å². The van der Waals surface area contributed by atoms with Gasteiger partial charge in [0.25, 0.3) is 0 Å². The topological polar surface area (TPSA) is 9.23 Å². The molecule has 1 rings (SSSR count). The zero-order chi connectivity index (χ0) is 10.8. The predicted octanol–water partition coefficient (Wildman–Crippen LogP) is 3.61. The van der Waals surface area contributed by atoms with Gasteiger partial charge in [-0.1, -0.05) is 28.1 Å². The lowest BCUT2D eigenvalue weighted by Crippen LogP contribution is -2.10. The Morgan fingerprint density at radius 3 is 2.43 bits per heavy atom. The molecule has 1 nitrogen and oxygen atoms in total. The van der Waals surface area contributed by atoms with Gasteiger partial charge < -0.3 is 4.74 Å². The van der Waals surface area contributed by atoms with Crippen molar-refractivity contribution < 1.29 is 17.9 Å².